The third kappa shape index (κ3) is 3.51. The highest BCUT2D eigenvalue weighted by molar-refractivity contribution is 6.30. The van der Waals surface area contributed by atoms with Crippen molar-refractivity contribution in [2.75, 3.05) is 0 Å². The number of esters is 1. The fourth-order valence-electron chi connectivity index (χ4n) is 3.26. The lowest BCUT2D eigenvalue weighted by Crippen LogP contribution is -2.07. The number of benzene rings is 2. The number of ether oxygens (including phenoxy) is 1. The first kappa shape index (κ1) is 17.5. The van der Waals surface area contributed by atoms with Gasteiger partial charge in [0.25, 0.3) is 0 Å². The van der Waals surface area contributed by atoms with Gasteiger partial charge >= 0.3 is 11.6 Å². The molecule has 0 fully saturated rings. The molecule has 1 heterocycles. The number of fused-ring (bicyclic) bond motifs is 3. The Kier molecular flexibility index (Phi) is 4.54. The maximum Gasteiger partial charge on any atom is 0.339 e. The molecule has 0 atom stereocenters. The highest BCUT2D eigenvalue weighted by Crippen LogP contribution is 2.29. The average Bonchev–Trinajstić information content (AvgIpc) is 3.13. The molecular formula is C21H14ClFO4. The Morgan fingerprint density at radius 3 is 2.78 bits per heavy atom. The number of halogens is 2. The van der Waals surface area contributed by atoms with Gasteiger partial charge in [-0.15, -0.1) is 0 Å². The van der Waals surface area contributed by atoms with Gasteiger partial charge in [-0.2, -0.15) is 0 Å². The third-order valence-corrected chi connectivity index (χ3v) is 4.81. The molecule has 0 amide bonds. The summed E-state index contributed by atoms with van der Waals surface area (Å²) in [5.41, 5.74) is 2.41. The lowest BCUT2D eigenvalue weighted by molar-refractivity contribution is -0.128. The molecule has 4 nitrogen and oxygen atoms in total. The van der Waals surface area contributed by atoms with Crippen LogP contribution in [0.4, 0.5) is 4.39 Å². The van der Waals surface area contributed by atoms with E-state index in [0.717, 1.165) is 35.8 Å². The van der Waals surface area contributed by atoms with Gasteiger partial charge < -0.3 is 9.15 Å². The molecule has 1 aromatic heterocycles. The number of carbonyl (C=O) groups is 1. The minimum atomic E-state index is -0.613. The second-order valence-corrected chi connectivity index (χ2v) is 6.69. The highest BCUT2D eigenvalue weighted by Gasteiger charge is 2.19. The first-order valence-corrected chi connectivity index (χ1v) is 8.82. The zero-order valence-electron chi connectivity index (χ0n) is 14.1. The molecule has 0 radical (unpaired) electrons. The van der Waals surface area contributed by atoms with E-state index in [-0.39, 0.29) is 16.4 Å². The summed E-state index contributed by atoms with van der Waals surface area (Å²) in [6.45, 7) is 0. The van der Waals surface area contributed by atoms with E-state index in [1.54, 1.807) is 12.1 Å². The van der Waals surface area contributed by atoms with Crippen molar-refractivity contribution in [3.05, 3.63) is 80.4 Å². The molecule has 1 aliphatic carbocycles. The standard InChI is InChI=1S/C21H14ClFO4/c22-17-10-12(4-8-18(17)23)5-9-20(24)26-13-6-7-15-14-2-1-3-16(14)21(25)27-19(15)11-13/h4-11H,1-3H2/b9-5+. The molecule has 0 aliphatic heterocycles. The van der Waals surface area contributed by atoms with Crippen LogP contribution < -0.4 is 10.4 Å². The summed E-state index contributed by atoms with van der Waals surface area (Å²) in [6.07, 6.45) is 5.21. The van der Waals surface area contributed by atoms with Gasteiger partial charge in [0, 0.05) is 23.1 Å². The SMILES string of the molecule is O=C(/C=C/c1ccc(F)c(Cl)c1)Oc1ccc2c3c(c(=O)oc2c1)CCC3. The van der Waals surface area contributed by atoms with Crippen LogP contribution in [0.5, 0.6) is 5.75 Å². The number of hydrogen-bond acceptors (Lipinski definition) is 4. The predicted molar refractivity (Wildman–Crippen MR) is 101 cm³/mol. The van der Waals surface area contributed by atoms with E-state index in [1.165, 1.54) is 36.4 Å². The van der Waals surface area contributed by atoms with Crippen LogP contribution >= 0.6 is 11.6 Å². The van der Waals surface area contributed by atoms with Crippen molar-refractivity contribution in [1.82, 2.24) is 0 Å². The second kappa shape index (κ2) is 7.00. The Morgan fingerprint density at radius 1 is 1.15 bits per heavy atom. The van der Waals surface area contributed by atoms with Crippen LogP contribution in [0.3, 0.4) is 0 Å². The Morgan fingerprint density at radius 2 is 1.96 bits per heavy atom. The molecule has 0 bridgehead atoms. The molecule has 27 heavy (non-hydrogen) atoms. The maximum atomic E-state index is 13.1. The van der Waals surface area contributed by atoms with E-state index < -0.39 is 11.8 Å². The van der Waals surface area contributed by atoms with Gasteiger partial charge in [-0.3, -0.25) is 0 Å². The van der Waals surface area contributed by atoms with Crippen molar-refractivity contribution >= 4 is 34.6 Å². The zero-order valence-corrected chi connectivity index (χ0v) is 14.9. The number of hydrogen-bond donors (Lipinski definition) is 0. The van der Waals surface area contributed by atoms with Crippen LogP contribution in [0, 0.1) is 5.82 Å². The number of aryl methyl sites for hydroxylation is 1. The molecule has 136 valence electrons. The van der Waals surface area contributed by atoms with Crippen molar-refractivity contribution in [3.63, 3.8) is 0 Å². The highest BCUT2D eigenvalue weighted by atomic mass is 35.5. The lowest BCUT2D eigenvalue weighted by Gasteiger charge is -2.06. The van der Waals surface area contributed by atoms with Gasteiger partial charge in [-0.1, -0.05) is 17.7 Å². The fraction of sp³-hybridized carbons (Fsp3) is 0.143. The van der Waals surface area contributed by atoms with Crippen molar-refractivity contribution in [2.24, 2.45) is 0 Å². The van der Waals surface area contributed by atoms with Crippen LogP contribution in [0.1, 0.15) is 23.1 Å². The summed E-state index contributed by atoms with van der Waals surface area (Å²) < 4.78 is 23.8. The van der Waals surface area contributed by atoms with Crippen LogP contribution in [0.25, 0.3) is 17.0 Å². The number of carbonyl (C=O) groups excluding carboxylic acids is 1. The van der Waals surface area contributed by atoms with Crippen LogP contribution in [0.15, 0.2) is 51.7 Å². The third-order valence-electron chi connectivity index (χ3n) is 4.52. The summed E-state index contributed by atoms with van der Waals surface area (Å²) >= 11 is 5.71. The summed E-state index contributed by atoms with van der Waals surface area (Å²) in [7, 11) is 0. The number of rotatable bonds is 3. The van der Waals surface area contributed by atoms with Gasteiger partial charge in [0.05, 0.1) is 5.02 Å². The van der Waals surface area contributed by atoms with E-state index in [9.17, 15) is 14.0 Å². The fourth-order valence-corrected chi connectivity index (χ4v) is 3.45. The smallest absolute Gasteiger partial charge is 0.339 e. The summed E-state index contributed by atoms with van der Waals surface area (Å²) in [5.74, 6) is -0.866. The molecule has 0 saturated heterocycles. The van der Waals surface area contributed by atoms with Crippen molar-refractivity contribution in [1.29, 1.82) is 0 Å². The summed E-state index contributed by atoms with van der Waals surface area (Å²) in [5, 5.41) is 0.848. The normalized spacial score (nSPS) is 13.3. The average molecular weight is 385 g/mol. The van der Waals surface area contributed by atoms with Gasteiger partial charge in [-0.05, 0) is 60.7 Å². The Balaban J connectivity index is 1.55. The summed E-state index contributed by atoms with van der Waals surface area (Å²) in [6, 6.07) is 9.13. The zero-order chi connectivity index (χ0) is 19.0. The Bertz CT molecular complexity index is 1150. The lowest BCUT2D eigenvalue weighted by atomic mass is 10.1. The minimum Gasteiger partial charge on any atom is -0.423 e. The molecule has 3 aromatic rings. The molecule has 4 rings (SSSR count). The maximum absolute atomic E-state index is 13.1. The van der Waals surface area contributed by atoms with Crippen LogP contribution in [-0.2, 0) is 17.6 Å². The van der Waals surface area contributed by atoms with Crippen LogP contribution in [-0.4, -0.2) is 5.97 Å². The predicted octanol–water partition coefficient (Wildman–Crippen LogP) is 4.69. The Labute approximate surface area is 158 Å². The molecule has 0 spiro atoms. The van der Waals surface area contributed by atoms with E-state index in [2.05, 4.69) is 0 Å². The van der Waals surface area contributed by atoms with E-state index in [1.807, 2.05) is 0 Å². The molecular weight excluding hydrogens is 371 g/mol. The van der Waals surface area contributed by atoms with Gasteiger partial charge in [0.2, 0.25) is 0 Å². The molecule has 6 heteroatoms. The molecule has 0 saturated carbocycles. The molecule has 1 aliphatic rings. The topological polar surface area (TPSA) is 56.5 Å². The van der Waals surface area contributed by atoms with Crippen molar-refractivity contribution in [2.45, 2.75) is 19.3 Å². The second-order valence-electron chi connectivity index (χ2n) is 6.29. The van der Waals surface area contributed by atoms with Crippen LogP contribution in [0.2, 0.25) is 5.02 Å². The van der Waals surface area contributed by atoms with E-state index in [4.69, 9.17) is 20.8 Å². The largest absolute Gasteiger partial charge is 0.423 e. The summed E-state index contributed by atoms with van der Waals surface area (Å²) in [4.78, 5) is 24.1. The molecule has 0 unspecified atom stereocenters. The molecule has 0 N–H and O–H groups in total. The monoisotopic (exact) mass is 384 g/mol. The van der Waals surface area contributed by atoms with E-state index >= 15 is 0 Å². The first-order chi connectivity index (χ1) is 13.0. The van der Waals surface area contributed by atoms with Crippen molar-refractivity contribution in [3.8, 4) is 5.75 Å². The first-order valence-electron chi connectivity index (χ1n) is 8.45. The van der Waals surface area contributed by atoms with Gasteiger partial charge in [-0.25, -0.2) is 14.0 Å². The Hall–Kier alpha value is -2.92. The minimum absolute atomic E-state index is 0.0254. The van der Waals surface area contributed by atoms with E-state index in [0.29, 0.717) is 11.1 Å². The van der Waals surface area contributed by atoms with Gasteiger partial charge in [0.1, 0.15) is 17.1 Å². The quantitative estimate of drug-likeness (QED) is 0.284. The van der Waals surface area contributed by atoms with Crippen molar-refractivity contribution < 1.29 is 18.3 Å². The molecule has 2 aromatic carbocycles. The van der Waals surface area contributed by atoms with Gasteiger partial charge in [0.15, 0.2) is 0 Å².